The number of rotatable bonds is 7. The summed E-state index contributed by atoms with van der Waals surface area (Å²) in [5.41, 5.74) is 3.09. The average Bonchev–Trinajstić information content (AvgIpc) is 3.36. The molecule has 30 heavy (non-hydrogen) atoms. The first kappa shape index (κ1) is 20.5. The molecule has 2 aliphatic heterocycles. The zero-order chi connectivity index (χ0) is 21.0. The van der Waals surface area contributed by atoms with Gasteiger partial charge in [0.2, 0.25) is 10.0 Å². The van der Waals surface area contributed by atoms with Gasteiger partial charge < -0.3 is 15.4 Å². The van der Waals surface area contributed by atoms with Crippen LogP contribution in [0.4, 0.5) is 5.69 Å². The van der Waals surface area contributed by atoms with Crippen molar-refractivity contribution in [3.63, 3.8) is 0 Å². The summed E-state index contributed by atoms with van der Waals surface area (Å²) in [5, 5.41) is 6.32. The molecule has 1 atom stereocenters. The lowest BCUT2D eigenvalue weighted by Crippen LogP contribution is -2.42. The monoisotopic (exact) mass is 428 g/mol. The fourth-order valence-corrected chi connectivity index (χ4v) is 5.32. The van der Waals surface area contributed by atoms with Crippen LogP contribution >= 0.6 is 0 Å². The third kappa shape index (κ3) is 4.53. The maximum absolute atomic E-state index is 12.8. The Labute approximate surface area is 178 Å². The van der Waals surface area contributed by atoms with Crippen LogP contribution in [0.3, 0.4) is 0 Å². The maximum Gasteiger partial charge on any atom is 0.236 e. The molecular formula is C22H28N4O3S. The van der Waals surface area contributed by atoms with Gasteiger partial charge in [0.1, 0.15) is 11.9 Å². The first-order valence-electron chi connectivity index (χ1n) is 10.4. The molecule has 1 unspecified atom stereocenters. The summed E-state index contributed by atoms with van der Waals surface area (Å²) >= 11 is 0. The van der Waals surface area contributed by atoms with Crippen LogP contribution in [0, 0.1) is 0 Å². The van der Waals surface area contributed by atoms with Crippen molar-refractivity contribution >= 4 is 21.7 Å². The maximum atomic E-state index is 12.8. The highest BCUT2D eigenvalue weighted by Gasteiger charge is 2.28. The molecule has 7 nitrogen and oxygen atoms in total. The van der Waals surface area contributed by atoms with Crippen LogP contribution in [0.2, 0.25) is 0 Å². The third-order valence-corrected chi connectivity index (χ3v) is 7.11. The first-order valence-corrected chi connectivity index (χ1v) is 12.0. The van der Waals surface area contributed by atoms with Crippen molar-refractivity contribution in [3.8, 4) is 5.75 Å². The molecule has 0 radical (unpaired) electrons. The van der Waals surface area contributed by atoms with Crippen LogP contribution in [-0.2, 0) is 22.9 Å². The summed E-state index contributed by atoms with van der Waals surface area (Å²) in [5.74, 6) is 1.54. The molecule has 2 aliphatic rings. The van der Waals surface area contributed by atoms with Crippen LogP contribution in [0.15, 0.2) is 53.5 Å². The molecule has 0 spiro atoms. The van der Waals surface area contributed by atoms with E-state index >= 15 is 0 Å². The van der Waals surface area contributed by atoms with Crippen molar-refractivity contribution in [3.05, 3.63) is 59.7 Å². The predicted molar refractivity (Wildman–Crippen MR) is 120 cm³/mol. The Morgan fingerprint density at radius 2 is 1.90 bits per heavy atom. The van der Waals surface area contributed by atoms with Crippen molar-refractivity contribution in [2.75, 3.05) is 36.2 Å². The van der Waals surface area contributed by atoms with Crippen LogP contribution in [0.5, 0.6) is 5.75 Å². The normalized spacial score (nSPS) is 18.0. The predicted octanol–water partition coefficient (Wildman–Crippen LogP) is 1.94. The zero-order valence-corrected chi connectivity index (χ0v) is 18.0. The minimum absolute atomic E-state index is 0.00249. The lowest BCUT2D eigenvalue weighted by atomic mass is 10.1. The molecule has 2 N–H and O–H groups in total. The van der Waals surface area contributed by atoms with Gasteiger partial charge in [-0.3, -0.25) is 4.31 Å². The molecule has 0 aromatic heterocycles. The van der Waals surface area contributed by atoms with Gasteiger partial charge in [0, 0.05) is 26.1 Å². The molecule has 0 fully saturated rings. The van der Waals surface area contributed by atoms with Crippen molar-refractivity contribution in [1.29, 1.82) is 0 Å². The van der Waals surface area contributed by atoms with Crippen molar-refractivity contribution in [2.24, 2.45) is 4.99 Å². The molecule has 0 saturated carbocycles. The van der Waals surface area contributed by atoms with Crippen LogP contribution in [-0.4, -0.2) is 52.4 Å². The Hall–Kier alpha value is -2.74. The third-order valence-electron chi connectivity index (χ3n) is 5.34. The van der Waals surface area contributed by atoms with E-state index in [-0.39, 0.29) is 11.9 Å². The van der Waals surface area contributed by atoms with Gasteiger partial charge in [-0.1, -0.05) is 36.4 Å². The number of fused-ring (bicyclic) bond motifs is 2. The Balaban J connectivity index is 1.31. The summed E-state index contributed by atoms with van der Waals surface area (Å²) < 4.78 is 33.1. The summed E-state index contributed by atoms with van der Waals surface area (Å²) in [6, 6.07) is 15.7. The minimum atomic E-state index is -3.39. The van der Waals surface area contributed by atoms with Crippen molar-refractivity contribution in [1.82, 2.24) is 10.6 Å². The standard InChI is InChI=1S/C22H28N4O3S/c1-2-23-22(25-16-19-15-18-8-4-6-10-21(18)29-19)24-12-14-30(27,28)26-13-11-17-7-3-5-9-20(17)26/h3-10,19H,2,11-16H2,1H3,(H2,23,24,25). The van der Waals surface area contributed by atoms with Gasteiger partial charge in [-0.15, -0.1) is 0 Å². The second kappa shape index (κ2) is 8.95. The summed E-state index contributed by atoms with van der Waals surface area (Å²) in [6.07, 6.45) is 1.60. The van der Waals surface area contributed by atoms with E-state index in [9.17, 15) is 8.42 Å². The van der Waals surface area contributed by atoms with Gasteiger partial charge in [-0.25, -0.2) is 13.4 Å². The van der Waals surface area contributed by atoms with Gasteiger partial charge in [0.25, 0.3) is 0 Å². The lowest BCUT2D eigenvalue weighted by molar-refractivity contribution is 0.241. The molecule has 0 bridgehead atoms. The Morgan fingerprint density at radius 1 is 1.13 bits per heavy atom. The highest BCUT2D eigenvalue weighted by atomic mass is 32.2. The number of benzene rings is 2. The van der Waals surface area contributed by atoms with E-state index in [0.717, 1.165) is 29.8 Å². The molecule has 8 heteroatoms. The molecule has 0 amide bonds. The van der Waals surface area contributed by atoms with E-state index < -0.39 is 10.0 Å². The molecule has 2 heterocycles. The second-order valence-corrected chi connectivity index (χ2v) is 9.48. The molecule has 0 aliphatic carbocycles. The van der Waals surface area contributed by atoms with Gasteiger partial charge >= 0.3 is 0 Å². The highest BCUT2D eigenvalue weighted by molar-refractivity contribution is 7.92. The minimum Gasteiger partial charge on any atom is -0.488 e. The van der Waals surface area contributed by atoms with Crippen molar-refractivity contribution < 1.29 is 13.2 Å². The summed E-state index contributed by atoms with van der Waals surface area (Å²) in [6.45, 7) is 3.99. The summed E-state index contributed by atoms with van der Waals surface area (Å²) in [4.78, 5) is 4.59. The number of nitrogens with one attached hydrogen (secondary N) is 2. The first-order chi connectivity index (χ1) is 14.6. The Morgan fingerprint density at radius 3 is 2.70 bits per heavy atom. The molecule has 0 saturated heterocycles. The number of anilines is 1. The molecule has 4 rings (SSSR count). The van der Waals surface area contributed by atoms with E-state index in [1.54, 1.807) is 0 Å². The number of hydrogen-bond donors (Lipinski definition) is 2. The number of sulfonamides is 1. The van der Waals surface area contributed by atoms with Crippen LogP contribution in [0.1, 0.15) is 18.1 Å². The van der Waals surface area contributed by atoms with Crippen molar-refractivity contribution in [2.45, 2.75) is 25.9 Å². The topological polar surface area (TPSA) is 83.0 Å². The molecular weight excluding hydrogens is 400 g/mol. The molecule has 2 aromatic rings. The second-order valence-electron chi connectivity index (χ2n) is 7.46. The largest absolute Gasteiger partial charge is 0.488 e. The lowest BCUT2D eigenvalue weighted by Gasteiger charge is -2.20. The van der Waals surface area contributed by atoms with Gasteiger partial charge in [0.05, 0.1) is 18.0 Å². The van der Waals surface area contributed by atoms with E-state index in [1.807, 2.05) is 49.4 Å². The van der Waals surface area contributed by atoms with Gasteiger partial charge in [-0.2, -0.15) is 0 Å². The van der Waals surface area contributed by atoms with Crippen LogP contribution < -0.4 is 19.7 Å². The Bertz CT molecular complexity index is 998. The van der Waals surface area contributed by atoms with Crippen LogP contribution in [0.25, 0.3) is 0 Å². The average molecular weight is 429 g/mol. The number of nitrogens with zero attached hydrogens (tertiary/aromatic N) is 2. The number of guanidine groups is 1. The van der Waals surface area contributed by atoms with E-state index in [4.69, 9.17) is 4.74 Å². The fourth-order valence-electron chi connectivity index (χ4n) is 3.90. The van der Waals surface area contributed by atoms with E-state index in [2.05, 4.69) is 21.7 Å². The highest BCUT2D eigenvalue weighted by Crippen LogP contribution is 2.30. The SMILES string of the molecule is CCNC(=NCC1Cc2ccccc2O1)NCCS(=O)(=O)N1CCc2ccccc21. The summed E-state index contributed by atoms with van der Waals surface area (Å²) in [7, 11) is -3.39. The van der Waals surface area contributed by atoms with E-state index in [1.165, 1.54) is 9.87 Å². The van der Waals surface area contributed by atoms with Gasteiger partial charge in [0.15, 0.2) is 5.96 Å². The van der Waals surface area contributed by atoms with Gasteiger partial charge in [-0.05, 0) is 36.6 Å². The molecule has 2 aromatic carbocycles. The quantitative estimate of drug-likeness (QED) is 0.520. The fraction of sp³-hybridized carbons (Fsp3) is 0.409. The number of aliphatic imine (C=N–C) groups is 1. The molecule has 160 valence electrons. The number of hydrogen-bond acceptors (Lipinski definition) is 4. The number of para-hydroxylation sites is 2. The zero-order valence-electron chi connectivity index (χ0n) is 17.2. The number of ether oxygens (including phenoxy) is 1. The Kier molecular flexibility index (Phi) is 6.13. The van der Waals surface area contributed by atoms with E-state index in [0.29, 0.717) is 32.1 Å². The smallest absolute Gasteiger partial charge is 0.236 e.